The summed E-state index contributed by atoms with van der Waals surface area (Å²) in [6.07, 6.45) is 1.07. The van der Waals surface area contributed by atoms with Crippen molar-refractivity contribution in [2.24, 2.45) is 0 Å². The highest BCUT2D eigenvalue weighted by Crippen LogP contribution is 2.25. The van der Waals surface area contributed by atoms with Crippen molar-refractivity contribution in [2.75, 3.05) is 10.8 Å². The van der Waals surface area contributed by atoms with E-state index in [2.05, 4.69) is 5.32 Å². The number of halogens is 1. The number of amides is 2. The fourth-order valence-electron chi connectivity index (χ4n) is 4.11. The van der Waals surface area contributed by atoms with Crippen molar-refractivity contribution in [2.45, 2.75) is 64.1 Å². The zero-order valence-corrected chi connectivity index (χ0v) is 23.6. The summed E-state index contributed by atoms with van der Waals surface area (Å²) in [5.41, 5.74) is 2.15. The molecule has 0 aromatic heterocycles. The number of sulfonamides is 1. The maximum absolute atomic E-state index is 14.0. The number of carbonyl (C=O) groups excluding carboxylic acids is 2. The standard InChI is InChI=1S/C30H36FN3O4S/c1-5-23(4)32-30(36)28(6-2)33(20-24-14-12-22(3)13-15-24)29(35)21-34(26-10-8-7-9-11-26)39(37,38)27-18-16-25(31)17-19-27/h7-19,23,28H,5-6,20-21H2,1-4H3,(H,32,36)/t23-,28-/m0/s1. The van der Waals surface area contributed by atoms with Crippen LogP contribution in [0.15, 0.2) is 83.8 Å². The molecule has 0 aliphatic heterocycles. The molecule has 2 atom stereocenters. The lowest BCUT2D eigenvalue weighted by Gasteiger charge is -2.33. The lowest BCUT2D eigenvalue weighted by molar-refractivity contribution is -0.140. The molecule has 0 radical (unpaired) electrons. The van der Waals surface area contributed by atoms with Crippen molar-refractivity contribution in [1.29, 1.82) is 0 Å². The van der Waals surface area contributed by atoms with Crippen molar-refractivity contribution in [1.82, 2.24) is 10.2 Å². The van der Waals surface area contributed by atoms with E-state index in [1.807, 2.05) is 52.0 Å². The molecule has 39 heavy (non-hydrogen) atoms. The summed E-state index contributed by atoms with van der Waals surface area (Å²) in [4.78, 5) is 28.5. The largest absolute Gasteiger partial charge is 0.352 e. The second-order valence-electron chi connectivity index (χ2n) is 9.55. The lowest BCUT2D eigenvalue weighted by atomic mass is 10.1. The van der Waals surface area contributed by atoms with Crippen molar-refractivity contribution >= 4 is 27.5 Å². The Morgan fingerprint density at radius 3 is 2.08 bits per heavy atom. The van der Waals surface area contributed by atoms with Crippen LogP contribution in [0.25, 0.3) is 0 Å². The fraction of sp³-hybridized carbons (Fsp3) is 0.333. The summed E-state index contributed by atoms with van der Waals surface area (Å²) in [6.45, 7) is 7.22. The van der Waals surface area contributed by atoms with E-state index in [1.54, 1.807) is 30.3 Å². The molecule has 7 nitrogen and oxygen atoms in total. The van der Waals surface area contributed by atoms with E-state index >= 15 is 0 Å². The van der Waals surface area contributed by atoms with Crippen molar-refractivity contribution in [3.05, 3.63) is 95.8 Å². The van der Waals surface area contributed by atoms with E-state index in [0.29, 0.717) is 6.42 Å². The Labute approximate surface area is 230 Å². The lowest BCUT2D eigenvalue weighted by Crippen LogP contribution is -2.53. The van der Waals surface area contributed by atoms with Gasteiger partial charge in [0, 0.05) is 12.6 Å². The van der Waals surface area contributed by atoms with Crippen LogP contribution in [0, 0.1) is 12.7 Å². The molecule has 3 aromatic rings. The summed E-state index contributed by atoms with van der Waals surface area (Å²) in [5, 5.41) is 2.96. The highest BCUT2D eigenvalue weighted by atomic mass is 32.2. The van der Waals surface area contributed by atoms with Gasteiger partial charge in [-0.3, -0.25) is 13.9 Å². The second-order valence-corrected chi connectivity index (χ2v) is 11.4. The number of benzene rings is 3. The van der Waals surface area contributed by atoms with Crippen molar-refractivity contribution in [3.63, 3.8) is 0 Å². The van der Waals surface area contributed by atoms with Gasteiger partial charge >= 0.3 is 0 Å². The molecule has 0 fully saturated rings. The number of nitrogens with zero attached hydrogens (tertiary/aromatic N) is 2. The number of rotatable bonds is 12. The van der Waals surface area contributed by atoms with Gasteiger partial charge in [-0.05, 0) is 68.7 Å². The van der Waals surface area contributed by atoms with Crippen LogP contribution in [0.4, 0.5) is 10.1 Å². The Bertz CT molecular complexity index is 1350. The number of nitrogens with one attached hydrogen (secondary N) is 1. The van der Waals surface area contributed by atoms with Gasteiger partial charge in [-0.1, -0.05) is 61.9 Å². The molecular weight excluding hydrogens is 517 g/mol. The summed E-state index contributed by atoms with van der Waals surface area (Å²) in [6, 6.07) is 19.5. The van der Waals surface area contributed by atoms with Gasteiger partial charge in [0.05, 0.1) is 10.6 Å². The van der Waals surface area contributed by atoms with Crippen LogP contribution in [0.1, 0.15) is 44.7 Å². The first kappa shape index (κ1) is 29.8. The van der Waals surface area contributed by atoms with Crippen molar-refractivity contribution in [3.8, 4) is 0 Å². The van der Waals surface area contributed by atoms with Crippen LogP contribution in [-0.2, 0) is 26.2 Å². The Morgan fingerprint density at radius 1 is 0.897 bits per heavy atom. The molecule has 0 saturated carbocycles. The molecule has 208 valence electrons. The third-order valence-electron chi connectivity index (χ3n) is 6.59. The molecule has 0 unspecified atom stereocenters. The minimum Gasteiger partial charge on any atom is -0.352 e. The van der Waals surface area contributed by atoms with Crippen LogP contribution >= 0.6 is 0 Å². The van der Waals surface area contributed by atoms with Gasteiger partial charge in [0.15, 0.2) is 0 Å². The number of para-hydroxylation sites is 1. The smallest absolute Gasteiger partial charge is 0.264 e. The van der Waals surface area contributed by atoms with Gasteiger partial charge in [0.25, 0.3) is 10.0 Å². The van der Waals surface area contributed by atoms with Gasteiger partial charge in [0.2, 0.25) is 11.8 Å². The van der Waals surface area contributed by atoms with Gasteiger partial charge in [-0.15, -0.1) is 0 Å². The van der Waals surface area contributed by atoms with Gasteiger partial charge in [-0.25, -0.2) is 12.8 Å². The summed E-state index contributed by atoms with van der Waals surface area (Å²) in [5.74, 6) is -1.39. The fourth-order valence-corrected chi connectivity index (χ4v) is 5.52. The Balaban J connectivity index is 2.02. The molecule has 2 amide bonds. The van der Waals surface area contributed by atoms with Crippen LogP contribution in [0.2, 0.25) is 0 Å². The predicted molar refractivity (Wildman–Crippen MR) is 151 cm³/mol. The third-order valence-corrected chi connectivity index (χ3v) is 8.37. The van der Waals surface area contributed by atoms with Gasteiger partial charge < -0.3 is 10.2 Å². The SMILES string of the molecule is CC[C@H](C)NC(=O)[C@H](CC)N(Cc1ccc(C)cc1)C(=O)CN(c1ccccc1)S(=O)(=O)c1ccc(F)cc1. The summed E-state index contributed by atoms with van der Waals surface area (Å²) >= 11 is 0. The molecular formula is C30H36FN3O4S. The summed E-state index contributed by atoms with van der Waals surface area (Å²) < 4.78 is 42.0. The molecule has 0 saturated heterocycles. The van der Waals surface area contributed by atoms with E-state index in [4.69, 9.17) is 0 Å². The first-order chi connectivity index (χ1) is 18.6. The molecule has 1 N–H and O–H groups in total. The number of hydrogen-bond donors (Lipinski definition) is 1. The maximum Gasteiger partial charge on any atom is 0.264 e. The molecule has 0 spiro atoms. The third kappa shape index (κ3) is 7.66. The average Bonchev–Trinajstić information content (AvgIpc) is 2.93. The van der Waals surface area contributed by atoms with Gasteiger partial charge in [-0.2, -0.15) is 0 Å². The zero-order valence-electron chi connectivity index (χ0n) is 22.8. The van der Waals surface area contributed by atoms with Gasteiger partial charge in [0.1, 0.15) is 18.4 Å². The molecule has 0 heterocycles. The van der Waals surface area contributed by atoms with E-state index in [1.165, 1.54) is 17.0 Å². The number of anilines is 1. The van der Waals surface area contributed by atoms with E-state index in [0.717, 1.165) is 34.0 Å². The maximum atomic E-state index is 14.0. The van der Waals surface area contributed by atoms with Crippen LogP contribution < -0.4 is 9.62 Å². The Morgan fingerprint density at radius 2 is 1.51 bits per heavy atom. The molecule has 0 aliphatic rings. The van der Waals surface area contributed by atoms with Crippen LogP contribution in [0.3, 0.4) is 0 Å². The summed E-state index contributed by atoms with van der Waals surface area (Å²) in [7, 11) is -4.23. The van der Waals surface area contributed by atoms with E-state index in [-0.39, 0.29) is 29.1 Å². The minimum atomic E-state index is -4.23. The van der Waals surface area contributed by atoms with Crippen LogP contribution in [-0.4, -0.2) is 43.8 Å². The first-order valence-electron chi connectivity index (χ1n) is 13.1. The normalized spacial score (nSPS) is 12.8. The number of aryl methyl sites for hydroxylation is 1. The highest BCUT2D eigenvalue weighted by molar-refractivity contribution is 7.92. The van der Waals surface area contributed by atoms with E-state index in [9.17, 15) is 22.4 Å². The molecule has 0 bridgehead atoms. The quantitative estimate of drug-likeness (QED) is 0.340. The second kappa shape index (κ2) is 13.4. The van der Waals surface area contributed by atoms with E-state index < -0.39 is 34.3 Å². The predicted octanol–water partition coefficient (Wildman–Crippen LogP) is 5.05. The van der Waals surface area contributed by atoms with Crippen LogP contribution in [0.5, 0.6) is 0 Å². The Kier molecular flexibility index (Phi) is 10.2. The molecule has 3 rings (SSSR count). The minimum absolute atomic E-state index is 0.0810. The molecule has 0 aliphatic carbocycles. The first-order valence-corrected chi connectivity index (χ1v) is 14.5. The number of carbonyl (C=O) groups is 2. The average molecular weight is 554 g/mol. The topological polar surface area (TPSA) is 86.8 Å². The monoisotopic (exact) mass is 553 g/mol. The molecule has 9 heteroatoms. The Hall–Kier alpha value is -3.72. The molecule has 3 aromatic carbocycles. The number of hydrogen-bond acceptors (Lipinski definition) is 4. The zero-order chi connectivity index (χ0) is 28.6. The highest BCUT2D eigenvalue weighted by Gasteiger charge is 2.33. The van der Waals surface area contributed by atoms with Crippen molar-refractivity contribution < 1.29 is 22.4 Å².